The zero-order chi connectivity index (χ0) is 17.8. The van der Waals surface area contributed by atoms with E-state index in [0.29, 0.717) is 19.5 Å². The van der Waals surface area contributed by atoms with Crippen LogP contribution in [-0.4, -0.2) is 32.0 Å². The number of rotatable bonds is 7. The van der Waals surface area contributed by atoms with Crippen LogP contribution in [0.2, 0.25) is 0 Å². The molecule has 25 heavy (non-hydrogen) atoms. The number of fused-ring (bicyclic) bond motifs is 1. The van der Waals surface area contributed by atoms with Crippen molar-refractivity contribution in [2.24, 2.45) is 0 Å². The topological polar surface area (TPSA) is 64.7 Å². The Morgan fingerprint density at radius 1 is 1.08 bits per heavy atom. The van der Waals surface area contributed by atoms with E-state index >= 15 is 0 Å². The van der Waals surface area contributed by atoms with Gasteiger partial charge in [-0.25, -0.2) is 0 Å². The van der Waals surface area contributed by atoms with Crippen molar-refractivity contribution in [2.45, 2.75) is 46.7 Å². The van der Waals surface area contributed by atoms with Crippen molar-refractivity contribution in [1.82, 2.24) is 24.9 Å². The van der Waals surface area contributed by atoms with Gasteiger partial charge in [-0.1, -0.05) is 18.2 Å². The molecule has 1 aromatic carbocycles. The van der Waals surface area contributed by atoms with Gasteiger partial charge in [0.1, 0.15) is 0 Å². The predicted octanol–water partition coefficient (Wildman–Crippen LogP) is 2.75. The number of aryl methyl sites for hydroxylation is 5. The molecule has 0 fully saturated rings. The highest BCUT2D eigenvalue weighted by molar-refractivity contribution is 5.82. The maximum Gasteiger partial charge on any atom is 0.221 e. The smallest absolute Gasteiger partial charge is 0.221 e. The van der Waals surface area contributed by atoms with Crippen molar-refractivity contribution in [3.05, 3.63) is 47.4 Å². The summed E-state index contributed by atoms with van der Waals surface area (Å²) >= 11 is 0. The van der Waals surface area contributed by atoms with E-state index in [0.717, 1.165) is 41.0 Å². The Kier molecular flexibility index (Phi) is 5.16. The Morgan fingerprint density at radius 2 is 1.88 bits per heavy atom. The van der Waals surface area contributed by atoms with Gasteiger partial charge in [-0.15, -0.1) is 0 Å². The van der Waals surface area contributed by atoms with Crippen molar-refractivity contribution < 1.29 is 4.79 Å². The van der Waals surface area contributed by atoms with Gasteiger partial charge in [0.05, 0.1) is 23.4 Å². The molecule has 1 amide bonds. The summed E-state index contributed by atoms with van der Waals surface area (Å²) < 4.78 is 3.90. The molecule has 3 rings (SSSR count). The average molecular weight is 339 g/mol. The predicted molar refractivity (Wildman–Crippen MR) is 98.4 cm³/mol. The number of nitrogens with one attached hydrogen (secondary N) is 1. The lowest BCUT2D eigenvalue weighted by atomic mass is 10.2. The molecule has 0 radical (unpaired) electrons. The van der Waals surface area contributed by atoms with E-state index in [9.17, 15) is 4.79 Å². The molecule has 0 bridgehead atoms. The summed E-state index contributed by atoms with van der Waals surface area (Å²) in [6, 6.07) is 10.2. The largest absolute Gasteiger partial charge is 0.356 e. The summed E-state index contributed by atoms with van der Waals surface area (Å²) in [5.74, 6) is 0.0607. The molecule has 2 aromatic heterocycles. The first-order chi connectivity index (χ1) is 12.0. The van der Waals surface area contributed by atoms with Crippen molar-refractivity contribution in [3.63, 3.8) is 0 Å². The number of carbonyl (C=O) groups excluding carboxylic acids is 1. The maximum atomic E-state index is 12.1. The number of benzene rings is 1. The van der Waals surface area contributed by atoms with Crippen LogP contribution in [0.15, 0.2) is 30.3 Å². The van der Waals surface area contributed by atoms with Gasteiger partial charge < -0.3 is 5.32 Å². The number of amides is 1. The van der Waals surface area contributed by atoms with Crippen molar-refractivity contribution in [3.8, 4) is 0 Å². The lowest BCUT2D eigenvalue weighted by molar-refractivity contribution is -0.121. The lowest BCUT2D eigenvalue weighted by Gasteiger charge is -2.07. The summed E-state index contributed by atoms with van der Waals surface area (Å²) in [5.41, 5.74) is 4.27. The number of nitrogens with zero attached hydrogens (tertiary/aromatic N) is 4. The lowest BCUT2D eigenvalue weighted by Crippen LogP contribution is -2.26. The first-order valence-corrected chi connectivity index (χ1v) is 8.74. The van der Waals surface area contributed by atoms with E-state index in [1.807, 2.05) is 41.4 Å². The van der Waals surface area contributed by atoms with E-state index < -0.39 is 0 Å². The normalized spacial score (nSPS) is 11.2. The summed E-state index contributed by atoms with van der Waals surface area (Å²) in [6.07, 6.45) is 1.31. The van der Waals surface area contributed by atoms with E-state index in [1.54, 1.807) is 0 Å². The number of hydrogen-bond acceptors (Lipinski definition) is 3. The summed E-state index contributed by atoms with van der Waals surface area (Å²) in [4.78, 5) is 12.1. The minimum atomic E-state index is 0.0607. The molecule has 132 valence electrons. The Labute approximate surface area is 147 Å². The fraction of sp³-hybridized carbons (Fsp3) is 0.421. The molecule has 0 spiro atoms. The molecular weight excluding hydrogens is 314 g/mol. The van der Waals surface area contributed by atoms with Crippen molar-refractivity contribution in [1.29, 1.82) is 0 Å². The molecular formula is C19H25N5O. The van der Waals surface area contributed by atoms with Gasteiger partial charge in [0.15, 0.2) is 0 Å². The summed E-state index contributed by atoms with van der Waals surface area (Å²) in [7, 11) is 0. The first kappa shape index (κ1) is 17.2. The third kappa shape index (κ3) is 4.07. The van der Waals surface area contributed by atoms with E-state index in [4.69, 9.17) is 0 Å². The van der Waals surface area contributed by atoms with Crippen molar-refractivity contribution >= 4 is 16.8 Å². The Balaban J connectivity index is 1.44. The van der Waals surface area contributed by atoms with Crippen LogP contribution in [-0.2, 0) is 17.9 Å². The van der Waals surface area contributed by atoms with Crippen LogP contribution in [0.3, 0.4) is 0 Å². The van der Waals surface area contributed by atoms with Crippen LogP contribution in [0.5, 0.6) is 0 Å². The second-order valence-corrected chi connectivity index (χ2v) is 6.43. The van der Waals surface area contributed by atoms with Gasteiger partial charge in [0, 0.05) is 30.6 Å². The van der Waals surface area contributed by atoms with E-state index in [2.05, 4.69) is 34.6 Å². The highest BCUT2D eigenvalue weighted by Crippen LogP contribution is 2.17. The maximum absolute atomic E-state index is 12.1. The van der Waals surface area contributed by atoms with E-state index in [1.165, 1.54) is 0 Å². The van der Waals surface area contributed by atoms with Gasteiger partial charge in [0.25, 0.3) is 0 Å². The molecule has 0 aliphatic heterocycles. The van der Waals surface area contributed by atoms with Crippen LogP contribution >= 0.6 is 0 Å². The standard InChI is InChI=1S/C19H25N5O/c1-14-13-15(2)23(21-14)11-6-10-20-19(25)9-12-24-18-8-5-4-7-17(18)16(3)22-24/h4-5,7-8,13H,6,9-12H2,1-3H3,(H,20,25). The molecule has 1 N–H and O–H groups in total. The zero-order valence-electron chi connectivity index (χ0n) is 15.1. The van der Waals surface area contributed by atoms with Crippen LogP contribution in [0.4, 0.5) is 0 Å². The molecule has 2 heterocycles. The Morgan fingerprint density at radius 3 is 2.64 bits per heavy atom. The van der Waals surface area contributed by atoms with Crippen LogP contribution in [0, 0.1) is 20.8 Å². The zero-order valence-corrected chi connectivity index (χ0v) is 15.1. The van der Waals surface area contributed by atoms with Gasteiger partial charge in [0.2, 0.25) is 5.91 Å². The molecule has 0 saturated carbocycles. The summed E-state index contributed by atoms with van der Waals surface area (Å²) in [6.45, 7) is 8.12. The van der Waals surface area contributed by atoms with E-state index in [-0.39, 0.29) is 5.91 Å². The Hall–Kier alpha value is -2.63. The van der Waals surface area contributed by atoms with Gasteiger partial charge in [-0.2, -0.15) is 10.2 Å². The molecule has 6 heteroatoms. The fourth-order valence-electron chi connectivity index (χ4n) is 3.12. The average Bonchev–Trinajstić information content (AvgIpc) is 3.09. The van der Waals surface area contributed by atoms with Crippen molar-refractivity contribution in [2.75, 3.05) is 6.54 Å². The molecule has 0 aliphatic carbocycles. The first-order valence-electron chi connectivity index (χ1n) is 8.74. The third-order valence-corrected chi connectivity index (χ3v) is 4.37. The third-order valence-electron chi connectivity index (χ3n) is 4.37. The highest BCUT2D eigenvalue weighted by atomic mass is 16.1. The highest BCUT2D eigenvalue weighted by Gasteiger charge is 2.08. The van der Waals surface area contributed by atoms with Crippen LogP contribution in [0.25, 0.3) is 10.9 Å². The van der Waals surface area contributed by atoms with Crippen LogP contribution < -0.4 is 5.32 Å². The number of aromatic nitrogens is 4. The number of para-hydroxylation sites is 1. The molecule has 0 unspecified atom stereocenters. The molecule has 0 aliphatic rings. The second-order valence-electron chi connectivity index (χ2n) is 6.43. The fourth-order valence-corrected chi connectivity index (χ4v) is 3.12. The summed E-state index contributed by atoms with van der Waals surface area (Å²) in [5, 5.41) is 13.1. The molecule has 3 aromatic rings. The Bertz CT molecular complexity index is 877. The number of hydrogen-bond donors (Lipinski definition) is 1. The minimum absolute atomic E-state index is 0.0607. The SMILES string of the molecule is Cc1cc(C)n(CCCNC(=O)CCn2nc(C)c3ccccc32)n1. The van der Waals surface area contributed by atoms with Crippen LogP contribution in [0.1, 0.15) is 29.9 Å². The minimum Gasteiger partial charge on any atom is -0.356 e. The van der Waals surface area contributed by atoms with Gasteiger partial charge >= 0.3 is 0 Å². The molecule has 0 saturated heterocycles. The molecule has 6 nitrogen and oxygen atoms in total. The van der Waals surface area contributed by atoms with Gasteiger partial charge in [-0.05, 0) is 39.3 Å². The number of carbonyl (C=O) groups is 1. The quantitative estimate of drug-likeness (QED) is 0.673. The second kappa shape index (κ2) is 7.51. The molecule has 0 atom stereocenters. The van der Waals surface area contributed by atoms with Gasteiger partial charge in [-0.3, -0.25) is 14.2 Å². The monoisotopic (exact) mass is 339 g/mol.